The standard InChI is InChI=1S/C12H12N4O2/c1-2-8-7-11(13)15-12(14-8)9-5-3-4-6-10(9)16(17)18/h3-7H,2H2,1H3,(H2,13,14,15). The highest BCUT2D eigenvalue weighted by Gasteiger charge is 2.17. The first-order valence-corrected chi connectivity index (χ1v) is 5.49. The predicted octanol–water partition coefficient (Wildman–Crippen LogP) is 2.20. The van der Waals surface area contributed by atoms with Gasteiger partial charge in [-0.1, -0.05) is 19.1 Å². The van der Waals surface area contributed by atoms with Crippen molar-refractivity contribution < 1.29 is 4.92 Å². The zero-order valence-electron chi connectivity index (χ0n) is 9.83. The lowest BCUT2D eigenvalue weighted by Gasteiger charge is -2.05. The Morgan fingerprint density at radius 1 is 1.33 bits per heavy atom. The van der Waals surface area contributed by atoms with Gasteiger partial charge in [-0.3, -0.25) is 10.1 Å². The number of aromatic nitrogens is 2. The number of nitrogens with zero attached hydrogens (tertiary/aromatic N) is 3. The molecule has 0 bridgehead atoms. The molecule has 1 aromatic heterocycles. The summed E-state index contributed by atoms with van der Waals surface area (Å²) < 4.78 is 0. The molecule has 0 amide bonds. The largest absolute Gasteiger partial charge is 0.384 e. The highest BCUT2D eigenvalue weighted by Crippen LogP contribution is 2.27. The maximum atomic E-state index is 11.0. The number of aryl methyl sites for hydroxylation is 1. The average molecular weight is 244 g/mol. The molecule has 1 aromatic carbocycles. The minimum absolute atomic E-state index is 0.0230. The third-order valence-corrected chi connectivity index (χ3v) is 2.50. The number of para-hydroxylation sites is 1. The molecule has 0 saturated heterocycles. The van der Waals surface area contributed by atoms with Gasteiger partial charge in [-0.2, -0.15) is 0 Å². The van der Waals surface area contributed by atoms with Gasteiger partial charge < -0.3 is 5.73 Å². The summed E-state index contributed by atoms with van der Waals surface area (Å²) in [6.45, 7) is 1.94. The highest BCUT2D eigenvalue weighted by molar-refractivity contribution is 5.68. The summed E-state index contributed by atoms with van der Waals surface area (Å²) in [7, 11) is 0. The van der Waals surface area contributed by atoms with Crippen molar-refractivity contribution in [3.63, 3.8) is 0 Å². The highest BCUT2D eigenvalue weighted by atomic mass is 16.6. The number of nitro benzene ring substituents is 1. The molecular formula is C12H12N4O2. The fourth-order valence-electron chi connectivity index (χ4n) is 1.64. The van der Waals surface area contributed by atoms with E-state index in [0.29, 0.717) is 23.6 Å². The first-order chi connectivity index (χ1) is 8.61. The lowest BCUT2D eigenvalue weighted by Crippen LogP contribution is -2.01. The van der Waals surface area contributed by atoms with Crippen LogP contribution in [0.15, 0.2) is 30.3 Å². The Kier molecular flexibility index (Phi) is 3.18. The maximum absolute atomic E-state index is 11.0. The smallest absolute Gasteiger partial charge is 0.280 e. The van der Waals surface area contributed by atoms with Gasteiger partial charge >= 0.3 is 0 Å². The predicted molar refractivity (Wildman–Crippen MR) is 67.9 cm³/mol. The lowest BCUT2D eigenvalue weighted by atomic mass is 10.1. The van der Waals surface area contributed by atoms with Crippen molar-refractivity contribution in [1.29, 1.82) is 0 Å². The SMILES string of the molecule is CCc1cc(N)nc(-c2ccccc2[N+](=O)[O-])n1. The van der Waals surface area contributed by atoms with Gasteiger partial charge in [0.2, 0.25) is 0 Å². The van der Waals surface area contributed by atoms with Crippen molar-refractivity contribution in [1.82, 2.24) is 9.97 Å². The van der Waals surface area contributed by atoms with E-state index in [2.05, 4.69) is 9.97 Å². The van der Waals surface area contributed by atoms with Gasteiger partial charge in [0.05, 0.1) is 10.5 Å². The second-order valence-corrected chi connectivity index (χ2v) is 3.74. The Bertz CT molecular complexity index is 598. The van der Waals surface area contributed by atoms with Gasteiger partial charge in [0.25, 0.3) is 5.69 Å². The second-order valence-electron chi connectivity index (χ2n) is 3.74. The Labute approximate surface area is 104 Å². The fraction of sp³-hybridized carbons (Fsp3) is 0.167. The number of hydrogen-bond donors (Lipinski definition) is 1. The minimum atomic E-state index is -0.451. The second kappa shape index (κ2) is 4.79. The Morgan fingerprint density at radius 3 is 2.72 bits per heavy atom. The maximum Gasteiger partial charge on any atom is 0.280 e. The molecular weight excluding hydrogens is 232 g/mol. The first kappa shape index (κ1) is 12.0. The van der Waals surface area contributed by atoms with E-state index in [1.165, 1.54) is 6.07 Å². The molecule has 0 aliphatic heterocycles. The van der Waals surface area contributed by atoms with Crippen molar-refractivity contribution in [2.24, 2.45) is 0 Å². The normalized spacial score (nSPS) is 10.3. The van der Waals surface area contributed by atoms with Crippen LogP contribution in [0.3, 0.4) is 0 Å². The number of anilines is 1. The van der Waals surface area contributed by atoms with E-state index in [1.54, 1.807) is 24.3 Å². The van der Waals surface area contributed by atoms with E-state index in [0.717, 1.165) is 5.69 Å². The molecule has 0 atom stereocenters. The topological polar surface area (TPSA) is 94.9 Å². The Morgan fingerprint density at radius 2 is 2.06 bits per heavy atom. The summed E-state index contributed by atoms with van der Waals surface area (Å²) in [4.78, 5) is 18.8. The van der Waals surface area contributed by atoms with Crippen LogP contribution < -0.4 is 5.73 Å². The van der Waals surface area contributed by atoms with Gasteiger partial charge in [0, 0.05) is 17.8 Å². The van der Waals surface area contributed by atoms with Crippen LogP contribution >= 0.6 is 0 Å². The molecule has 92 valence electrons. The third kappa shape index (κ3) is 2.27. The van der Waals surface area contributed by atoms with Gasteiger partial charge in [-0.05, 0) is 12.5 Å². The van der Waals surface area contributed by atoms with E-state index in [-0.39, 0.29) is 5.69 Å². The average Bonchev–Trinajstić information content (AvgIpc) is 2.38. The van der Waals surface area contributed by atoms with Crippen LogP contribution in [0.1, 0.15) is 12.6 Å². The minimum Gasteiger partial charge on any atom is -0.384 e. The van der Waals surface area contributed by atoms with E-state index in [4.69, 9.17) is 5.73 Å². The third-order valence-electron chi connectivity index (χ3n) is 2.50. The van der Waals surface area contributed by atoms with Crippen LogP contribution in [0.25, 0.3) is 11.4 Å². The van der Waals surface area contributed by atoms with Crippen molar-refractivity contribution in [3.05, 3.63) is 46.1 Å². The summed E-state index contributed by atoms with van der Waals surface area (Å²) in [5, 5.41) is 11.0. The van der Waals surface area contributed by atoms with Crippen LogP contribution in [-0.2, 0) is 6.42 Å². The number of benzene rings is 1. The molecule has 0 aliphatic rings. The van der Waals surface area contributed by atoms with Crippen LogP contribution in [0.4, 0.5) is 11.5 Å². The molecule has 0 unspecified atom stereocenters. The molecule has 0 radical (unpaired) electrons. The lowest BCUT2D eigenvalue weighted by molar-refractivity contribution is -0.384. The summed E-state index contributed by atoms with van der Waals surface area (Å²) in [5.41, 5.74) is 6.79. The van der Waals surface area contributed by atoms with Gasteiger partial charge in [0.1, 0.15) is 5.82 Å². The summed E-state index contributed by atoms with van der Waals surface area (Å²) in [6, 6.07) is 8.02. The summed E-state index contributed by atoms with van der Waals surface area (Å²) in [6.07, 6.45) is 0.695. The molecule has 6 nitrogen and oxygen atoms in total. The van der Waals surface area contributed by atoms with Gasteiger partial charge in [-0.25, -0.2) is 9.97 Å². The van der Waals surface area contributed by atoms with Crippen molar-refractivity contribution >= 4 is 11.5 Å². The Balaban J connectivity index is 2.61. The van der Waals surface area contributed by atoms with Gasteiger partial charge in [0.15, 0.2) is 5.82 Å². The molecule has 2 aromatic rings. The molecule has 0 aliphatic carbocycles. The number of nitro groups is 1. The molecule has 0 saturated carbocycles. The van der Waals surface area contributed by atoms with Crippen molar-refractivity contribution in [2.45, 2.75) is 13.3 Å². The van der Waals surface area contributed by atoms with E-state index >= 15 is 0 Å². The molecule has 2 rings (SSSR count). The van der Waals surface area contributed by atoms with Crippen LogP contribution in [0.2, 0.25) is 0 Å². The number of rotatable bonds is 3. The molecule has 1 heterocycles. The number of nitrogens with two attached hydrogens (primary N) is 1. The van der Waals surface area contributed by atoms with E-state index in [9.17, 15) is 10.1 Å². The van der Waals surface area contributed by atoms with Crippen molar-refractivity contribution in [3.8, 4) is 11.4 Å². The summed E-state index contributed by atoms with van der Waals surface area (Å²) in [5.74, 6) is 0.606. The molecule has 0 spiro atoms. The molecule has 0 fully saturated rings. The monoisotopic (exact) mass is 244 g/mol. The Hall–Kier alpha value is -2.50. The van der Waals surface area contributed by atoms with Crippen LogP contribution in [0, 0.1) is 10.1 Å². The van der Waals surface area contributed by atoms with E-state index in [1.807, 2.05) is 6.92 Å². The first-order valence-electron chi connectivity index (χ1n) is 5.49. The molecule has 18 heavy (non-hydrogen) atoms. The van der Waals surface area contributed by atoms with Crippen LogP contribution in [0.5, 0.6) is 0 Å². The summed E-state index contributed by atoms with van der Waals surface area (Å²) >= 11 is 0. The number of hydrogen-bond acceptors (Lipinski definition) is 5. The number of nitrogen functional groups attached to an aromatic ring is 1. The zero-order valence-corrected chi connectivity index (χ0v) is 9.83. The van der Waals surface area contributed by atoms with Crippen molar-refractivity contribution in [2.75, 3.05) is 5.73 Å². The van der Waals surface area contributed by atoms with Gasteiger partial charge in [-0.15, -0.1) is 0 Å². The molecule has 2 N–H and O–H groups in total. The quantitative estimate of drug-likeness (QED) is 0.659. The van der Waals surface area contributed by atoms with E-state index < -0.39 is 4.92 Å². The fourth-order valence-corrected chi connectivity index (χ4v) is 1.64. The molecule has 6 heteroatoms. The van der Waals surface area contributed by atoms with Crippen LogP contribution in [-0.4, -0.2) is 14.9 Å². The zero-order chi connectivity index (χ0) is 13.1.